The number of aryl methyl sites for hydroxylation is 1. The molecule has 0 saturated carbocycles. The highest BCUT2D eigenvalue weighted by Gasteiger charge is 2.12. The highest BCUT2D eigenvalue weighted by molar-refractivity contribution is 9.10. The zero-order valence-corrected chi connectivity index (χ0v) is 12.5. The van der Waals surface area contributed by atoms with Crippen LogP contribution in [0.25, 0.3) is 33.2 Å². The molecule has 4 rings (SSSR count). The van der Waals surface area contributed by atoms with Crippen LogP contribution in [0.15, 0.2) is 35.3 Å². The lowest BCUT2D eigenvalue weighted by molar-refractivity contribution is 0.624. The number of nitrogens with zero attached hydrogens (tertiary/aromatic N) is 4. The van der Waals surface area contributed by atoms with E-state index in [0.717, 1.165) is 32.1 Å². The molecule has 21 heavy (non-hydrogen) atoms. The lowest BCUT2D eigenvalue weighted by Gasteiger charge is -1.99. The van der Waals surface area contributed by atoms with E-state index in [2.05, 4.69) is 36.0 Å². The molecule has 4 heterocycles. The zero-order chi connectivity index (χ0) is 14.6. The van der Waals surface area contributed by atoms with Gasteiger partial charge in [0.1, 0.15) is 16.1 Å². The quantitative estimate of drug-likeness (QED) is 0.575. The van der Waals surface area contributed by atoms with Gasteiger partial charge in [0.2, 0.25) is 0 Å². The Labute approximate surface area is 127 Å². The van der Waals surface area contributed by atoms with E-state index in [1.54, 1.807) is 17.1 Å². The van der Waals surface area contributed by atoms with Gasteiger partial charge in [-0.2, -0.15) is 5.10 Å². The molecule has 0 bridgehead atoms. The van der Waals surface area contributed by atoms with Gasteiger partial charge in [0.05, 0.1) is 35.4 Å². The maximum absolute atomic E-state index is 13.4. The molecule has 4 aromatic rings. The van der Waals surface area contributed by atoms with E-state index < -0.39 is 0 Å². The summed E-state index contributed by atoms with van der Waals surface area (Å²) in [5, 5.41) is 5.82. The molecule has 0 aromatic carbocycles. The standard InChI is InChI=1S/C14H9BrFN5/c1-21-13(15)10(5-19-21)11-3-8-9-2-7(16)4-18-14(9)20-12(8)6-17-11/h2-6H,1H3,(H,18,20). The van der Waals surface area contributed by atoms with Crippen molar-refractivity contribution < 1.29 is 4.39 Å². The summed E-state index contributed by atoms with van der Waals surface area (Å²) < 4.78 is 16.0. The Kier molecular flexibility index (Phi) is 2.58. The summed E-state index contributed by atoms with van der Waals surface area (Å²) in [5.41, 5.74) is 3.13. The van der Waals surface area contributed by atoms with Gasteiger partial charge in [-0.15, -0.1) is 0 Å². The van der Waals surface area contributed by atoms with E-state index >= 15 is 0 Å². The van der Waals surface area contributed by atoms with Crippen molar-refractivity contribution in [1.29, 1.82) is 0 Å². The van der Waals surface area contributed by atoms with Gasteiger partial charge in [-0.1, -0.05) is 0 Å². The van der Waals surface area contributed by atoms with Gasteiger partial charge >= 0.3 is 0 Å². The Balaban J connectivity index is 2.02. The maximum Gasteiger partial charge on any atom is 0.142 e. The lowest BCUT2D eigenvalue weighted by atomic mass is 10.1. The minimum Gasteiger partial charge on any atom is -0.338 e. The number of aromatic nitrogens is 5. The summed E-state index contributed by atoms with van der Waals surface area (Å²) in [6, 6.07) is 3.39. The molecule has 0 atom stereocenters. The minimum atomic E-state index is -0.357. The predicted molar refractivity (Wildman–Crippen MR) is 81.3 cm³/mol. The first-order valence-electron chi connectivity index (χ1n) is 6.24. The molecule has 0 aliphatic rings. The number of nitrogens with one attached hydrogen (secondary N) is 1. The molecular formula is C14H9BrFN5. The Bertz CT molecular complexity index is 988. The van der Waals surface area contributed by atoms with E-state index in [-0.39, 0.29) is 5.82 Å². The van der Waals surface area contributed by atoms with Crippen molar-refractivity contribution in [2.24, 2.45) is 7.05 Å². The van der Waals surface area contributed by atoms with E-state index in [9.17, 15) is 4.39 Å². The molecule has 0 radical (unpaired) electrons. The molecule has 7 heteroatoms. The van der Waals surface area contributed by atoms with Crippen LogP contribution in [0.5, 0.6) is 0 Å². The molecule has 0 fully saturated rings. The van der Waals surface area contributed by atoms with Gasteiger partial charge in [-0.3, -0.25) is 9.67 Å². The molecule has 0 aliphatic heterocycles. The maximum atomic E-state index is 13.4. The van der Waals surface area contributed by atoms with Gasteiger partial charge in [0.25, 0.3) is 0 Å². The fourth-order valence-corrected chi connectivity index (χ4v) is 2.79. The van der Waals surface area contributed by atoms with Crippen molar-refractivity contribution >= 4 is 37.9 Å². The third kappa shape index (κ3) is 1.84. The second kappa shape index (κ2) is 4.36. The summed E-state index contributed by atoms with van der Waals surface area (Å²) in [7, 11) is 1.84. The summed E-state index contributed by atoms with van der Waals surface area (Å²) in [6.45, 7) is 0. The Hall–Kier alpha value is -2.28. The highest BCUT2D eigenvalue weighted by Crippen LogP contribution is 2.31. The highest BCUT2D eigenvalue weighted by atomic mass is 79.9. The zero-order valence-electron chi connectivity index (χ0n) is 10.9. The van der Waals surface area contributed by atoms with Gasteiger partial charge in [-0.25, -0.2) is 9.37 Å². The Morgan fingerprint density at radius 2 is 2.00 bits per heavy atom. The van der Waals surface area contributed by atoms with Crippen molar-refractivity contribution in [3.63, 3.8) is 0 Å². The number of hydrogen-bond donors (Lipinski definition) is 1. The normalized spacial score (nSPS) is 11.6. The number of aromatic amines is 1. The monoisotopic (exact) mass is 345 g/mol. The van der Waals surface area contributed by atoms with Crippen molar-refractivity contribution in [1.82, 2.24) is 24.7 Å². The van der Waals surface area contributed by atoms with Crippen LogP contribution in [0.3, 0.4) is 0 Å². The molecule has 0 aliphatic carbocycles. The summed E-state index contributed by atoms with van der Waals surface area (Å²) in [5.74, 6) is -0.357. The van der Waals surface area contributed by atoms with E-state index in [1.165, 1.54) is 12.3 Å². The number of halogens is 2. The second-order valence-corrected chi connectivity index (χ2v) is 5.51. The molecule has 5 nitrogen and oxygen atoms in total. The first-order chi connectivity index (χ1) is 10.1. The third-order valence-electron chi connectivity index (χ3n) is 3.44. The first-order valence-corrected chi connectivity index (χ1v) is 7.03. The van der Waals surface area contributed by atoms with Crippen LogP contribution in [0.4, 0.5) is 4.39 Å². The fraction of sp³-hybridized carbons (Fsp3) is 0.0714. The van der Waals surface area contributed by atoms with E-state index in [0.29, 0.717) is 5.65 Å². The van der Waals surface area contributed by atoms with Crippen LogP contribution >= 0.6 is 15.9 Å². The molecule has 0 amide bonds. The van der Waals surface area contributed by atoms with E-state index in [1.807, 2.05) is 13.1 Å². The predicted octanol–water partition coefficient (Wildman–Crippen LogP) is 3.41. The molecule has 104 valence electrons. The van der Waals surface area contributed by atoms with Crippen LogP contribution < -0.4 is 0 Å². The number of fused-ring (bicyclic) bond motifs is 3. The van der Waals surface area contributed by atoms with Crippen molar-refractivity contribution in [2.45, 2.75) is 0 Å². The van der Waals surface area contributed by atoms with E-state index in [4.69, 9.17) is 0 Å². The van der Waals surface area contributed by atoms with Gasteiger partial charge in [0, 0.05) is 17.8 Å². The topological polar surface area (TPSA) is 59.4 Å². The van der Waals surface area contributed by atoms with Gasteiger partial charge in [0.15, 0.2) is 0 Å². The second-order valence-electron chi connectivity index (χ2n) is 4.76. The van der Waals surface area contributed by atoms with Crippen LogP contribution in [0.1, 0.15) is 0 Å². The molecule has 0 saturated heterocycles. The number of rotatable bonds is 1. The summed E-state index contributed by atoms with van der Waals surface area (Å²) in [4.78, 5) is 11.6. The van der Waals surface area contributed by atoms with Crippen LogP contribution in [-0.2, 0) is 7.05 Å². The van der Waals surface area contributed by atoms with Crippen LogP contribution in [0.2, 0.25) is 0 Å². The van der Waals surface area contributed by atoms with Gasteiger partial charge < -0.3 is 4.98 Å². The SMILES string of the molecule is Cn1ncc(-c2cc3c(cn2)[nH]c2ncc(F)cc23)c1Br. The average molecular weight is 346 g/mol. The molecule has 0 spiro atoms. The molecule has 0 unspecified atom stereocenters. The van der Waals surface area contributed by atoms with Crippen molar-refractivity contribution in [3.05, 3.63) is 41.1 Å². The first kappa shape index (κ1) is 12.5. The molecule has 4 aromatic heterocycles. The number of H-pyrrole nitrogens is 1. The van der Waals surface area contributed by atoms with Crippen LogP contribution in [0, 0.1) is 5.82 Å². The smallest absolute Gasteiger partial charge is 0.142 e. The fourth-order valence-electron chi connectivity index (χ4n) is 2.39. The minimum absolute atomic E-state index is 0.357. The van der Waals surface area contributed by atoms with Crippen molar-refractivity contribution in [3.8, 4) is 11.3 Å². The molecular weight excluding hydrogens is 337 g/mol. The van der Waals surface area contributed by atoms with Crippen molar-refractivity contribution in [2.75, 3.05) is 0 Å². The lowest BCUT2D eigenvalue weighted by Crippen LogP contribution is -1.89. The number of pyridine rings is 2. The largest absolute Gasteiger partial charge is 0.338 e. The Morgan fingerprint density at radius 1 is 1.14 bits per heavy atom. The summed E-state index contributed by atoms with van der Waals surface area (Å²) >= 11 is 3.48. The third-order valence-corrected chi connectivity index (χ3v) is 4.38. The summed E-state index contributed by atoms with van der Waals surface area (Å²) in [6.07, 6.45) is 4.67. The van der Waals surface area contributed by atoms with Gasteiger partial charge in [-0.05, 0) is 28.1 Å². The Morgan fingerprint density at radius 3 is 2.76 bits per heavy atom. The van der Waals surface area contributed by atoms with Crippen LogP contribution in [-0.4, -0.2) is 24.7 Å². The molecule has 1 N–H and O–H groups in total. The number of hydrogen-bond acceptors (Lipinski definition) is 3. The average Bonchev–Trinajstić information content (AvgIpc) is 3.00.